The molecule has 2 aromatic heterocycles. The monoisotopic (exact) mass is 591 g/mol. The molecule has 2 aliphatic rings. The summed E-state index contributed by atoms with van der Waals surface area (Å²) >= 11 is 6.81. The number of amides is 1. The second-order valence-corrected chi connectivity index (χ2v) is 10.6. The normalized spacial score (nSPS) is 18.1. The van der Waals surface area contributed by atoms with Crippen molar-refractivity contribution in [3.63, 3.8) is 0 Å². The molecule has 1 saturated heterocycles. The molecule has 4 heterocycles. The summed E-state index contributed by atoms with van der Waals surface area (Å²) in [5, 5.41) is 18.7. The molecule has 1 fully saturated rings. The second kappa shape index (κ2) is 10.6. The number of piperazine rings is 1. The summed E-state index contributed by atoms with van der Waals surface area (Å²) in [7, 11) is 0. The number of hydrogen-bond acceptors (Lipinski definition) is 7. The molecule has 1 unspecified atom stereocenters. The van der Waals surface area contributed by atoms with Crippen molar-refractivity contribution < 1.29 is 18.3 Å². The lowest BCUT2D eigenvalue weighted by atomic mass is 9.96. The van der Waals surface area contributed by atoms with Crippen molar-refractivity contribution >= 4 is 34.1 Å². The van der Waals surface area contributed by atoms with Gasteiger partial charge in [-0.05, 0) is 31.2 Å². The largest absolute Gasteiger partial charge is 0.488 e. The minimum absolute atomic E-state index is 0.00264. The van der Waals surface area contributed by atoms with Crippen molar-refractivity contribution in [2.24, 2.45) is 0 Å². The van der Waals surface area contributed by atoms with Crippen LogP contribution in [0, 0.1) is 23.0 Å². The summed E-state index contributed by atoms with van der Waals surface area (Å²) < 4.78 is 38.2. The maximum atomic E-state index is 15.1. The highest BCUT2D eigenvalue weighted by Gasteiger charge is 2.36. The Balaban J connectivity index is 1.64. The summed E-state index contributed by atoms with van der Waals surface area (Å²) in [5.41, 5.74) is 0.198. The fourth-order valence-corrected chi connectivity index (χ4v) is 6.18. The predicted octanol–water partition coefficient (Wildman–Crippen LogP) is 3.92. The fraction of sp³-hybridized carbons (Fsp3) is 0.276. The molecule has 214 valence electrons. The van der Waals surface area contributed by atoms with Crippen molar-refractivity contribution in [3.8, 4) is 22.9 Å². The van der Waals surface area contributed by atoms with Crippen LogP contribution in [0.5, 0.6) is 5.75 Å². The molecule has 2 aliphatic heterocycles. The Morgan fingerprint density at radius 1 is 1.31 bits per heavy atom. The SMILES string of the molecule is C=CC(=O)N1CCN(c2c(C#N)c(=O)n3c4c(c(-c5ccc(F)cc5F)c(Cl)cc24)OCC3Cn2ccnn2)[C@@H](C)C1. The van der Waals surface area contributed by atoms with Gasteiger partial charge in [0, 0.05) is 54.5 Å². The number of benzene rings is 2. The Morgan fingerprint density at radius 3 is 2.79 bits per heavy atom. The van der Waals surface area contributed by atoms with Gasteiger partial charge in [0.15, 0.2) is 5.75 Å². The van der Waals surface area contributed by atoms with E-state index in [0.29, 0.717) is 36.2 Å². The highest BCUT2D eigenvalue weighted by atomic mass is 35.5. The van der Waals surface area contributed by atoms with Crippen molar-refractivity contribution in [2.75, 3.05) is 31.1 Å². The molecular formula is C29H24ClF2N7O3. The number of hydrogen-bond donors (Lipinski definition) is 0. The van der Waals surface area contributed by atoms with E-state index in [2.05, 4.69) is 23.0 Å². The van der Waals surface area contributed by atoms with E-state index in [1.165, 1.54) is 22.9 Å². The van der Waals surface area contributed by atoms with Crippen LogP contribution in [0.15, 0.2) is 54.1 Å². The van der Waals surface area contributed by atoms with E-state index in [1.54, 1.807) is 21.8 Å². The van der Waals surface area contributed by atoms with Crippen LogP contribution in [-0.4, -0.2) is 62.7 Å². The predicted molar refractivity (Wildman–Crippen MR) is 151 cm³/mol. The van der Waals surface area contributed by atoms with E-state index in [-0.39, 0.29) is 52.6 Å². The number of ether oxygens (including phenoxy) is 1. The molecule has 0 aliphatic carbocycles. The quantitative estimate of drug-likeness (QED) is 0.324. The molecular weight excluding hydrogens is 568 g/mol. The van der Waals surface area contributed by atoms with Crippen molar-refractivity contribution in [1.29, 1.82) is 5.26 Å². The van der Waals surface area contributed by atoms with E-state index in [1.807, 2.05) is 11.8 Å². The number of anilines is 1. The van der Waals surface area contributed by atoms with Crippen LogP contribution in [0.2, 0.25) is 5.02 Å². The number of nitriles is 1. The van der Waals surface area contributed by atoms with Gasteiger partial charge >= 0.3 is 0 Å². The molecule has 6 rings (SSSR count). The van der Waals surface area contributed by atoms with E-state index in [9.17, 15) is 19.2 Å². The van der Waals surface area contributed by atoms with Crippen LogP contribution in [-0.2, 0) is 11.3 Å². The molecule has 13 heteroatoms. The zero-order valence-electron chi connectivity index (χ0n) is 22.4. The van der Waals surface area contributed by atoms with Crippen LogP contribution in [0.25, 0.3) is 22.0 Å². The Labute approximate surface area is 243 Å². The first-order valence-electron chi connectivity index (χ1n) is 13.2. The van der Waals surface area contributed by atoms with Crippen LogP contribution < -0.4 is 15.2 Å². The molecule has 1 amide bonds. The summed E-state index contributed by atoms with van der Waals surface area (Å²) in [6, 6.07) is 5.95. The number of rotatable bonds is 5. The molecule has 0 N–H and O–H groups in total. The number of carbonyl (C=O) groups excluding carboxylic acids is 1. The van der Waals surface area contributed by atoms with Gasteiger partial charge in [-0.1, -0.05) is 23.4 Å². The number of halogens is 3. The Kier molecular flexibility index (Phi) is 6.90. The van der Waals surface area contributed by atoms with Crippen LogP contribution in [0.3, 0.4) is 0 Å². The third-order valence-corrected chi connectivity index (χ3v) is 8.04. The minimum atomic E-state index is -0.847. The lowest BCUT2D eigenvalue weighted by molar-refractivity contribution is -0.126. The Morgan fingerprint density at radius 2 is 2.12 bits per heavy atom. The van der Waals surface area contributed by atoms with Gasteiger partial charge in [-0.3, -0.25) is 18.8 Å². The number of pyridine rings is 1. The summed E-state index contributed by atoms with van der Waals surface area (Å²) in [5.74, 6) is -1.66. The smallest absolute Gasteiger partial charge is 0.271 e. The molecule has 0 radical (unpaired) electrons. The lowest BCUT2D eigenvalue weighted by Crippen LogP contribution is -2.54. The Bertz CT molecular complexity index is 1850. The highest BCUT2D eigenvalue weighted by molar-refractivity contribution is 6.35. The van der Waals surface area contributed by atoms with Gasteiger partial charge in [0.2, 0.25) is 5.91 Å². The van der Waals surface area contributed by atoms with Crippen LogP contribution in [0.1, 0.15) is 18.5 Å². The summed E-state index contributed by atoms with van der Waals surface area (Å²) in [4.78, 5) is 30.0. The number of aromatic nitrogens is 4. The van der Waals surface area contributed by atoms with E-state index >= 15 is 4.39 Å². The minimum Gasteiger partial charge on any atom is -0.488 e. The van der Waals surface area contributed by atoms with Crippen molar-refractivity contribution in [1.82, 2.24) is 24.5 Å². The van der Waals surface area contributed by atoms with Crippen molar-refractivity contribution in [3.05, 3.63) is 81.9 Å². The van der Waals surface area contributed by atoms with E-state index in [4.69, 9.17) is 16.3 Å². The first-order chi connectivity index (χ1) is 20.2. The van der Waals surface area contributed by atoms with Gasteiger partial charge in [0.25, 0.3) is 5.56 Å². The van der Waals surface area contributed by atoms with Gasteiger partial charge in [-0.2, -0.15) is 5.26 Å². The first kappa shape index (κ1) is 27.4. The molecule has 0 saturated carbocycles. The van der Waals surface area contributed by atoms with Gasteiger partial charge < -0.3 is 14.5 Å². The summed E-state index contributed by atoms with van der Waals surface area (Å²) in [6.45, 7) is 6.66. The molecule has 42 heavy (non-hydrogen) atoms. The van der Waals surface area contributed by atoms with Gasteiger partial charge in [0.05, 0.1) is 35.0 Å². The zero-order chi connectivity index (χ0) is 29.7. The lowest BCUT2D eigenvalue weighted by Gasteiger charge is -2.42. The maximum absolute atomic E-state index is 15.1. The fourth-order valence-electron chi connectivity index (χ4n) is 5.88. The van der Waals surface area contributed by atoms with E-state index in [0.717, 1.165) is 12.1 Å². The topological polar surface area (TPSA) is 109 Å². The van der Waals surface area contributed by atoms with Gasteiger partial charge in [0.1, 0.15) is 29.9 Å². The molecule has 2 aromatic carbocycles. The van der Waals surface area contributed by atoms with Gasteiger partial charge in [-0.15, -0.1) is 5.10 Å². The molecule has 10 nitrogen and oxygen atoms in total. The molecule has 4 aromatic rings. The number of carbonyl (C=O) groups is 1. The molecule has 0 spiro atoms. The van der Waals surface area contributed by atoms with Gasteiger partial charge in [-0.25, -0.2) is 8.78 Å². The maximum Gasteiger partial charge on any atom is 0.271 e. The summed E-state index contributed by atoms with van der Waals surface area (Å²) in [6.07, 6.45) is 4.40. The average Bonchev–Trinajstić information content (AvgIpc) is 3.48. The Hall–Kier alpha value is -4.76. The first-order valence-corrected chi connectivity index (χ1v) is 13.6. The number of nitrogens with zero attached hydrogens (tertiary/aromatic N) is 7. The third-order valence-electron chi connectivity index (χ3n) is 7.74. The molecule has 2 atom stereocenters. The molecule has 0 bridgehead atoms. The van der Waals surface area contributed by atoms with Crippen molar-refractivity contribution in [2.45, 2.75) is 25.6 Å². The average molecular weight is 592 g/mol. The van der Waals surface area contributed by atoms with Crippen LogP contribution >= 0.6 is 11.6 Å². The van der Waals surface area contributed by atoms with E-state index < -0.39 is 23.2 Å². The van der Waals surface area contributed by atoms with Crippen LogP contribution in [0.4, 0.5) is 14.5 Å². The zero-order valence-corrected chi connectivity index (χ0v) is 23.2. The standard InChI is InChI=1S/C29H24ClF2N7O3/c1-3-24(40)36-8-9-38(16(2)13-36)26-20-11-22(30)25(19-5-4-17(31)10-23(19)32)28-27(20)39(29(41)21(26)12-33)18(15-42-28)14-37-7-6-34-35-37/h3-7,10-11,16,18H,1,8-9,13-15H2,2H3/t16-,18?/m0/s1. The highest BCUT2D eigenvalue weighted by Crippen LogP contribution is 2.48. The third kappa shape index (κ3) is 4.37. The second-order valence-electron chi connectivity index (χ2n) is 10.2.